The highest BCUT2D eigenvalue weighted by molar-refractivity contribution is 7.11. The third-order valence-corrected chi connectivity index (χ3v) is 3.63. The van der Waals surface area contributed by atoms with E-state index in [1.165, 1.54) is 17.4 Å². The maximum Gasteiger partial charge on any atom is 0.328 e. The maximum absolute atomic E-state index is 11.9. The lowest BCUT2D eigenvalue weighted by Crippen LogP contribution is -2.25. The molecule has 0 aliphatic carbocycles. The van der Waals surface area contributed by atoms with Crippen LogP contribution in [0.3, 0.4) is 0 Å². The standard InChI is InChI=1S/C14H15N3O3S/c1-17-8-10(7-16-17)4-5-15-14(20)11-6-12(21-9-11)2-3-13(18)19/h2-3,6-9H,4-5H2,1H3,(H,15,20)(H,18,19)/b3-2+. The van der Waals surface area contributed by atoms with Crippen molar-refractivity contribution in [3.05, 3.63) is 45.9 Å². The lowest BCUT2D eigenvalue weighted by molar-refractivity contribution is -0.131. The van der Waals surface area contributed by atoms with Crippen LogP contribution in [-0.2, 0) is 18.3 Å². The molecule has 0 saturated heterocycles. The maximum atomic E-state index is 11.9. The fourth-order valence-electron chi connectivity index (χ4n) is 1.74. The van der Waals surface area contributed by atoms with Crippen LogP contribution in [0.15, 0.2) is 29.9 Å². The highest BCUT2D eigenvalue weighted by Crippen LogP contribution is 2.16. The number of carbonyl (C=O) groups excluding carboxylic acids is 1. The summed E-state index contributed by atoms with van der Waals surface area (Å²) in [5.74, 6) is -1.17. The van der Waals surface area contributed by atoms with Crippen molar-refractivity contribution in [2.75, 3.05) is 6.54 Å². The van der Waals surface area contributed by atoms with Crippen molar-refractivity contribution in [2.24, 2.45) is 7.05 Å². The number of aromatic nitrogens is 2. The van der Waals surface area contributed by atoms with Gasteiger partial charge in [0.15, 0.2) is 0 Å². The Morgan fingerprint density at radius 1 is 1.52 bits per heavy atom. The summed E-state index contributed by atoms with van der Waals surface area (Å²) in [6.45, 7) is 0.528. The van der Waals surface area contributed by atoms with Crippen molar-refractivity contribution < 1.29 is 14.7 Å². The zero-order chi connectivity index (χ0) is 15.2. The molecule has 0 atom stereocenters. The van der Waals surface area contributed by atoms with Crippen LogP contribution >= 0.6 is 11.3 Å². The van der Waals surface area contributed by atoms with E-state index in [9.17, 15) is 9.59 Å². The van der Waals surface area contributed by atoms with Crippen LogP contribution in [0, 0.1) is 0 Å². The van der Waals surface area contributed by atoms with E-state index >= 15 is 0 Å². The SMILES string of the molecule is Cn1cc(CCNC(=O)c2csc(/C=C/C(=O)O)c2)cn1. The molecule has 2 heterocycles. The molecule has 0 unspecified atom stereocenters. The summed E-state index contributed by atoms with van der Waals surface area (Å²) < 4.78 is 1.72. The first-order valence-corrected chi connectivity index (χ1v) is 7.18. The van der Waals surface area contributed by atoms with Gasteiger partial charge < -0.3 is 10.4 Å². The van der Waals surface area contributed by atoms with Crippen LogP contribution < -0.4 is 5.32 Å². The van der Waals surface area contributed by atoms with Crippen molar-refractivity contribution >= 4 is 29.3 Å². The summed E-state index contributed by atoms with van der Waals surface area (Å²) in [4.78, 5) is 23.1. The second kappa shape index (κ2) is 6.85. The molecule has 2 aromatic rings. The number of carbonyl (C=O) groups is 2. The molecule has 0 aliphatic rings. The molecule has 0 fully saturated rings. The van der Waals surface area contributed by atoms with Gasteiger partial charge in [-0.2, -0.15) is 5.10 Å². The second-order valence-electron chi connectivity index (χ2n) is 4.44. The monoisotopic (exact) mass is 305 g/mol. The Morgan fingerprint density at radius 3 is 3.00 bits per heavy atom. The molecule has 6 nitrogen and oxygen atoms in total. The number of carboxylic acids is 1. The van der Waals surface area contributed by atoms with Crippen molar-refractivity contribution in [2.45, 2.75) is 6.42 Å². The minimum atomic E-state index is -1.01. The van der Waals surface area contributed by atoms with Crippen LogP contribution in [0.1, 0.15) is 20.8 Å². The van der Waals surface area contributed by atoms with Gasteiger partial charge in [-0.05, 0) is 24.1 Å². The number of hydrogen-bond donors (Lipinski definition) is 2. The average Bonchev–Trinajstić information content (AvgIpc) is 3.05. The molecule has 21 heavy (non-hydrogen) atoms. The van der Waals surface area contributed by atoms with Crippen molar-refractivity contribution in [1.82, 2.24) is 15.1 Å². The number of nitrogens with one attached hydrogen (secondary N) is 1. The van der Waals surface area contributed by atoms with E-state index in [2.05, 4.69) is 10.4 Å². The number of thiophene rings is 1. The molecule has 0 radical (unpaired) electrons. The fourth-order valence-corrected chi connectivity index (χ4v) is 2.52. The van der Waals surface area contributed by atoms with Gasteiger partial charge in [0.2, 0.25) is 0 Å². The summed E-state index contributed by atoms with van der Waals surface area (Å²) in [5.41, 5.74) is 1.60. The first-order valence-electron chi connectivity index (χ1n) is 6.30. The van der Waals surface area contributed by atoms with Crippen LogP contribution in [0.4, 0.5) is 0 Å². The molecule has 1 amide bonds. The Hall–Kier alpha value is -2.41. The molecule has 0 aromatic carbocycles. The fraction of sp³-hybridized carbons (Fsp3) is 0.214. The van der Waals surface area contributed by atoms with Crippen LogP contribution in [0.25, 0.3) is 6.08 Å². The van der Waals surface area contributed by atoms with Crippen LogP contribution in [0.2, 0.25) is 0 Å². The number of aryl methyl sites for hydroxylation is 1. The molecule has 2 N–H and O–H groups in total. The molecular weight excluding hydrogens is 290 g/mol. The minimum Gasteiger partial charge on any atom is -0.478 e. The highest BCUT2D eigenvalue weighted by atomic mass is 32.1. The van der Waals surface area contributed by atoms with Gasteiger partial charge in [0.25, 0.3) is 5.91 Å². The summed E-state index contributed by atoms with van der Waals surface area (Å²) in [6.07, 6.45) is 6.92. The molecule has 7 heteroatoms. The number of hydrogen-bond acceptors (Lipinski definition) is 4. The van der Waals surface area contributed by atoms with E-state index in [0.717, 1.165) is 22.9 Å². The van der Waals surface area contributed by atoms with Gasteiger partial charge in [0.1, 0.15) is 0 Å². The lowest BCUT2D eigenvalue weighted by Gasteiger charge is -2.01. The van der Waals surface area contributed by atoms with E-state index in [1.54, 1.807) is 22.3 Å². The van der Waals surface area contributed by atoms with Crippen molar-refractivity contribution in [3.63, 3.8) is 0 Å². The minimum absolute atomic E-state index is 0.162. The molecular formula is C14H15N3O3S. The molecule has 0 saturated carbocycles. The number of amides is 1. The molecule has 2 rings (SSSR count). The number of rotatable bonds is 6. The van der Waals surface area contributed by atoms with Gasteiger partial charge in [-0.15, -0.1) is 11.3 Å². The number of aliphatic carboxylic acids is 1. The normalized spacial score (nSPS) is 10.9. The molecule has 110 valence electrons. The number of nitrogens with zero attached hydrogens (tertiary/aromatic N) is 2. The Kier molecular flexibility index (Phi) is 4.89. The van der Waals surface area contributed by atoms with E-state index in [-0.39, 0.29) is 5.91 Å². The van der Waals surface area contributed by atoms with Gasteiger partial charge in [-0.3, -0.25) is 9.48 Å². The first-order chi connectivity index (χ1) is 10.0. The van der Waals surface area contributed by atoms with Gasteiger partial charge in [-0.25, -0.2) is 4.79 Å². The van der Waals surface area contributed by atoms with Gasteiger partial charge >= 0.3 is 5.97 Å². The van der Waals surface area contributed by atoms with E-state index in [1.807, 2.05) is 13.2 Å². The van der Waals surface area contributed by atoms with Gasteiger partial charge in [0, 0.05) is 36.1 Å². The van der Waals surface area contributed by atoms with Crippen molar-refractivity contribution in [3.8, 4) is 0 Å². The molecule has 0 aliphatic heterocycles. The quantitative estimate of drug-likeness (QED) is 0.793. The Balaban J connectivity index is 1.84. The average molecular weight is 305 g/mol. The summed E-state index contributed by atoms with van der Waals surface area (Å²) in [7, 11) is 1.85. The summed E-state index contributed by atoms with van der Waals surface area (Å²) in [6, 6.07) is 1.67. The second-order valence-corrected chi connectivity index (χ2v) is 5.38. The first kappa shape index (κ1) is 15.0. The van der Waals surface area contributed by atoms with Crippen LogP contribution in [0.5, 0.6) is 0 Å². The topological polar surface area (TPSA) is 84.2 Å². The summed E-state index contributed by atoms with van der Waals surface area (Å²) >= 11 is 1.33. The largest absolute Gasteiger partial charge is 0.478 e. The Bertz CT molecular complexity index is 673. The zero-order valence-corrected chi connectivity index (χ0v) is 12.3. The smallest absolute Gasteiger partial charge is 0.328 e. The molecule has 2 aromatic heterocycles. The number of carboxylic acid groups (broad SMARTS) is 1. The zero-order valence-electron chi connectivity index (χ0n) is 11.4. The van der Waals surface area contributed by atoms with Crippen molar-refractivity contribution in [1.29, 1.82) is 0 Å². The third kappa shape index (κ3) is 4.57. The van der Waals surface area contributed by atoms with Crippen LogP contribution in [-0.4, -0.2) is 33.3 Å². The molecule has 0 spiro atoms. The van der Waals surface area contributed by atoms with Gasteiger partial charge in [0.05, 0.1) is 11.8 Å². The lowest BCUT2D eigenvalue weighted by atomic mass is 10.2. The predicted molar refractivity (Wildman–Crippen MR) is 80.2 cm³/mol. The van der Waals surface area contributed by atoms with E-state index in [4.69, 9.17) is 5.11 Å². The Labute approximate surface area is 125 Å². The Morgan fingerprint density at radius 2 is 2.33 bits per heavy atom. The summed E-state index contributed by atoms with van der Waals surface area (Å²) in [5, 5.41) is 17.1. The third-order valence-electron chi connectivity index (χ3n) is 2.73. The molecule has 0 bridgehead atoms. The van der Waals surface area contributed by atoms with E-state index in [0.29, 0.717) is 12.1 Å². The van der Waals surface area contributed by atoms with E-state index < -0.39 is 5.97 Å². The highest BCUT2D eigenvalue weighted by Gasteiger charge is 2.07. The van der Waals surface area contributed by atoms with Gasteiger partial charge in [-0.1, -0.05) is 0 Å². The predicted octanol–water partition coefficient (Wildman–Crippen LogP) is 1.55.